The molecule has 2 rings (SSSR count). The van der Waals surface area contributed by atoms with Gasteiger partial charge < -0.3 is 9.63 Å². The van der Waals surface area contributed by atoms with Gasteiger partial charge in [0.15, 0.2) is 5.82 Å². The molecule has 0 amide bonds. The van der Waals surface area contributed by atoms with E-state index in [-0.39, 0.29) is 18.4 Å². The minimum Gasteiger partial charge on any atom is -0.481 e. The quantitative estimate of drug-likeness (QED) is 0.878. The van der Waals surface area contributed by atoms with Gasteiger partial charge in [-0.05, 0) is 33.2 Å². The highest BCUT2D eigenvalue weighted by atomic mass is 16.5. The molecule has 1 saturated heterocycles. The molecule has 0 saturated carbocycles. The van der Waals surface area contributed by atoms with Crippen molar-refractivity contribution >= 4 is 5.97 Å². The van der Waals surface area contributed by atoms with Crippen LogP contribution in [0.4, 0.5) is 0 Å². The highest BCUT2D eigenvalue weighted by Crippen LogP contribution is 2.30. The van der Waals surface area contributed by atoms with Crippen molar-refractivity contribution in [2.24, 2.45) is 0 Å². The summed E-state index contributed by atoms with van der Waals surface area (Å²) in [5.41, 5.74) is 0. The molecule has 6 nitrogen and oxygen atoms in total. The van der Waals surface area contributed by atoms with Crippen LogP contribution < -0.4 is 0 Å². The number of carboxylic acids is 1. The van der Waals surface area contributed by atoms with Crippen molar-refractivity contribution < 1.29 is 14.4 Å². The molecule has 1 aliphatic rings. The maximum Gasteiger partial charge on any atom is 0.312 e. The predicted molar refractivity (Wildman–Crippen MR) is 64.1 cm³/mol. The summed E-state index contributed by atoms with van der Waals surface area (Å²) in [7, 11) is 0. The van der Waals surface area contributed by atoms with E-state index < -0.39 is 5.97 Å². The maximum atomic E-state index is 10.6. The van der Waals surface area contributed by atoms with Crippen LogP contribution in [0.1, 0.15) is 50.9 Å². The van der Waals surface area contributed by atoms with Gasteiger partial charge in [0.1, 0.15) is 6.42 Å². The van der Waals surface area contributed by atoms with Crippen LogP contribution in [0.5, 0.6) is 0 Å². The van der Waals surface area contributed by atoms with Crippen molar-refractivity contribution in [3.8, 4) is 0 Å². The molecule has 1 aliphatic heterocycles. The molecule has 0 spiro atoms. The number of piperidine rings is 1. The fourth-order valence-electron chi connectivity index (χ4n) is 2.45. The first-order valence-corrected chi connectivity index (χ1v) is 6.38. The summed E-state index contributed by atoms with van der Waals surface area (Å²) in [5.74, 6) is -0.138. The van der Waals surface area contributed by atoms with E-state index in [2.05, 4.69) is 28.9 Å². The molecule has 1 unspecified atom stereocenters. The van der Waals surface area contributed by atoms with Crippen molar-refractivity contribution in [3.05, 3.63) is 11.7 Å². The van der Waals surface area contributed by atoms with E-state index in [1.54, 1.807) is 0 Å². The first kappa shape index (κ1) is 13.0. The van der Waals surface area contributed by atoms with E-state index in [0.717, 1.165) is 19.4 Å². The second-order valence-corrected chi connectivity index (χ2v) is 4.96. The second kappa shape index (κ2) is 5.48. The van der Waals surface area contributed by atoms with E-state index in [1.807, 2.05) is 0 Å². The van der Waals surface area contributed by atoms with Gasteiger partial charge in [0, 0.05) is 6.04 Å². The zero-order chi connectivity index (χ0) is 13.1. The summed E-state index contributed by atoms with van der Waals surface area (Å²) in [5, 5.41) is 12.6. The summed E-state index contributed by atoms with van der Waals surface area (Å²) in [4.78, 5) is 17.1. The van der Waals surface area contributed by atoms with E-state index in [4.69, 9.17) is 9.63 Å². The highest BCUT2D eigenvalue weighted by Gasteiger charge is 2.29. The number of carbonyl (C=O) groups is 1. The Hall–Kier alpha value is -1.43. The second-order valence-electron chi connectivity index (χ2n) is 4.96. The van der Waals surface area contributed by atoms with Crippen LogP contribution >= 0.6 is 0 Å². The molecule has 0 bridgehead atoms. The van der Waals surface area contributed by atoms with Crippen LogP contribution in [0.15, 0.2) is 4.52 Å². The molecule has 1 N–H and O–H groups in total. The number of carboxylic acid groups (broad SMARTS) is 1. The first-order chi connectivity index (χ1) is 8.58. The van der Waals surface area contributed by atoms with Crippen molar-refractivity contribution in [2.45, 2.75) is 51.6 Å². The third-order valence-corrected chi connectivity index (χ3v) is 3.29. The Morgan fingerprint density at radius 2 is 2.33 bits per heavy atom. The minimum absolute atomic E-state index is 0.157. The van der Waals surface area contributed by atoms with Crippen LogP contribution in [-0.2, 0) is 11.2 Å². The van der Waals surface area contributed by atoms with Gasteiger partial charge in [-0.15, -0.1) is 0 Å². The molecule has 0 aliphatic carbocycles. The Bertz CT molecular complexity index is 416. The van der Waals surface area contributed by atoms with E-state index in [0.29, 0.717) is 11.9 Å². The predicted octanol–water partition coefficient (Wildman–Crippen LogP) is 1.63. The average molecular weight is 253 g/mol. The number of hydrogen-bond acceptors (Lipinski definition) is 5. The van der Waals surface area contributed by atoms with Crippen LogP contribution in [0.3, 0.4) is 0 Å². The molecule has 2 heterocycles. The van der Waals surface area contributed by atoms with Gasteiger partial charge in [-0.2, -0.15) is 4.98 Å². The lowest BCUT2D eigenvalue weighted by molar-refractivity contribution is -0.136. The number of aliphatic carboxylic acids is 1. The van der Waals surface area contributed by atoms with Crippen LogP contribution in [0.25, 0.3) is 0 Å². The van der Waals surface area contributed by atoms with Crippen LogP contribution in [0, 0.1) is 0 Å². The highest BCUT2D eigenvalue weighted by molar-refractivity contribution is 5.68. The van der Waals surface area contributed by atoms with Crippen molar-refractivity contribution in [1.82, 2.24) is 15.0 Å². The SMILES string of the molecule is CC(C)N1CCCCC1c1noc(CC(=O)O)n1. The van der Waals surface area contributed by atoms with Crippen LogP contribution in [-0.4, -0.2) is 38.7 Å². The van der Waals surface area contributed by atoms with E-state index in [9.17, 15) is 4.79 Å². The average Bonchev–Trinajstić information content (AvgIpc) is 2.76. The first-order valence-electron chi connectivity index (χ1n) is 6.38. The maximum absolute atomic E-state index is 10.6. The molecule has 1 aromatic heterocycles. The van der Waals surface area contributed by atoms with E-state index in [1.165, 1.54) is 6.42 Å². The Balaban J connectivity index is 2.13. The van der Waals surface area contributed by atoms with Crippen LogP contribution in [0.2, 0.25) is 0 Å². The zero-order valence-corrected chi connectivity index (χ0v) is 10.8. The van der Waals surface area contributed by atoms with Gasteiger partial charge in [-0.3, -0.25) is 9.69 Å². The zero-order valence-electron chi connectivity index (χ0n) is 10.8. The molecule has 100 valence electrons. The Labute approximate surface area is 106 Å². The van der Waals surface area contributed by atoms with E-state index >= 15 is 0 Å². The largest absolute Gasteiger partial charge is 0.481 e. The standard InChI is InChI=1S/C12H19N3O3/c1-8(2)15-6-4-3-5-9(15)12-13-10(18-14-12)7-11(16)17/h8-9H,3-7H2,1-2H3,(H,16,17). The number of rotatable bonds is 4. The molecule has 0 radical (unpaired) electrons. The normalized spacial score (nSPS) is 21.4. The number of hydrogen-bond donors (Lipinski definition) is 1. The Morgan fingerprint density at radius 3 is 3.00 bits per heavy atom. The summed E-state index contributed by atoms with van der Waals surface area (Å²) in [6, 6.07) is 0.585. The summed E-state index contributed by atoms with van der Waals surface area (Å²) in [6.45, 7) is 5.33. The fraction of sp³-hybridized carbons (Fsp3) is 0.750. The molecule has 1 aromatic rings. The molecular formula is C12H19N3O3. The molecular weight excluding hydrogens is 234 g/mol. The third-order valence-electron chi connectivity index (χ3n) is 3.29. The smallest absolute Gasteiger partial charge is 0.312 e. The monoisotopic (exact) mass is 253 g/mol. The van der Waals surface area contributed by atoms with Gasteiger partial charge in [0.25, 0.3) is 0 Å². The lowest BCUT2D eigenvalue weighted by atomic mass is 10.00. The topological polar surface area (TPSA) is 79.5 Å². The summed E-state index contributed by atoms with van der Waals surface area (Å²) >= 11 is 0. The molecule has 6 heteroatoms. The lowest BCUT2D eigenvalue weighted by Crippen LogP contribution is -2.39. The minimum atomic E-state index is -0.949. The summed E-state index contributed by atoms with van der Waals surface area (Å²) < 4.78 is 4.99. The van der Waals surface area contributed by atoms with Gasteiger partial charge in [-0.1, -0.05) is 11.6 Å². The van der Waals surface area contributed by atoms with Crippen molar-refractivity contribution in [3.63, 3.8) is 0 Å². The van der Waals surface area contributed by atoms with Gasteiger partial charge in [0.2, 0.25) is 5.89 Å². The van der Waals surface area contributed by atoms with Crippen molar-refractivity contribution in [1.29, 1.82) is 0 Å². The molecule has 18 heavy (non-hydrogen) atoms. The number of nitrogens with zero attached hydrogens (tertiary/aromatic N) is 3. The number of likely N-dealkylation sites (tertiary alicyclic amines) is 1. The van der Waals surface area contributed by atoms with Gasteiger partial charge in [-0.25, -0.2) is 0 Å². The molecule has 1 fully saturated rings. The third kappa shape index (κ3) is 2.87. The van der Waals surface area contributed by atoms with Gasteiger partial charge in [0.05, 0.1) is 6.04 Å². The van der Waals surface area contributed by atoms with Gasteiger partial charge >= 0.3 is 5.97 Å². The number of aromatic nitrogens is 2. The Morgan fingerprint density at radius 1 is 1.56 bits per heavy atom. The Kier molecular flexibility index (Phi) is 3.96. The van der Waals surface area contributed by atoms with Crippen molar-refractivity contribution in [2.75, 3.05) is 6.54 Å². The lowest BCUT2D eigenvalue weighted by Gasteiger charge is -2.36. The molecule has 1 atom stereocenters. The fourth-order valence-corrected chi connectivity index (χ4v) is 2.45. The summed E-state index contributed by atoms with van der Waals surface area (Å²) in [6.07, 6.45) is 3.14. The molecule has 0 aromatic carbocycles.